The number of benzene rings is 1. The van der Waals surface area contributed by atoms with Crippen molar-refractivity contribution >= 4 is 16.6 Å². The molecule has 0 spiro atoms. The van der Waals surface area contributed by atoms with Crippen LogP contribution in [-0.2, 0) is 6.54 Å². The number of imidazole rings is 1. The number of H-pyrrole nitrogens is 1. The van der Waals surface area contributed by atoms with Crippen LogP contribution in [0.2, 0.25) is 0 Å². The number of aromatic amines is 1. The molecule has 0 aliphatic heterocycles. The van der Waals surface area contributed by atoms with Crippen LogP contribution in [0, 0.1) is 0 Å². The van der Waals surface area contributed by atoms with Crippen molar-refractivity contribution in [3.8, 4) is 0 Å². The Morgan fingerprint density at radius 1 is 1.25 bits per heavy atom. The molecule has 1 N–H and O–H groups in total. The molecule has 0 atom stereocenters. The maximum atomic E-state index is 4.37. The Hall–Kier alpha value is -2.36. The first-order valence-corrected chi connectivity index (χ1v) is 6.83. The predicted molar refractivity (Wildman–Crippen MR) is 81.6 cm³/mol. The molecule has 2 aromatic heterocycles. The number of aromatic nitrogens is 3. The third kappa shape index (κ3) is 2.50. The molecule has 20 heavy (non-hydrogen) atoms. The molecule has 1 aromatic carbocycles. The van der Waals surface area contributed by atoms with Crippen molar-refractivity contribution in [2.75, 3.05) is 4.90 Å². The second-order valence-corrected chi connectivity index (χ2v) is 5.18. The van der Waals surface area contributed by atoms with Crippen LogP contribution in [0.1, 0.15) is 19.5 Å². The van der Waals surface area contributed by atoms with Crippen molar-refractivity contribution in [3.63, 3.8) is 0 Å². The van der Waals surface area contributed by atoms with E-state index in [1.807, 2.05) is 18.5 Å². The number of hydrogen-bond acceptors (Lipinski definition) is 3. The zero-order valence-corrected chi connectivity index (χ0v) is 11.7. The molecule has 2 heterocycles. The van der Waals surface area contributed by atoms with Crippen LogP contribution >= 0.6 is 0 Å². The summed E-state index contributed by atoms with van der Waals surface area (Å²) in [5.41, 5.74) is 3.35. The molecular formula is C16H18N4. The first-order chi connectivity index (χ1) is 9.74. The van der Waals surface area contributed by atoms with E-state index >= 15 is 0 Å². The fourth-order valence-corrected chi connectivity index (χ4v) is 2.37. The van der Waals surface area contributed by atoms with Gasteiger partial charge in [-0.2, -0.15) is 0 Å². The van der Waals surface area contributed by atoms with Gasteiger partial charge in [0.2, 0.25) is 0 Å². The van der Waals surface area contributed by atoms with E-state index in [1.54, 1.807) is 6.33 Å². The number of anilines is 1. The summed E-state index contributed by atoms with van der Waals surface area (Å²) in [5, 5.41) is 1.17. The Morgan fingerprint density at radius 3 is 2.90 bits per heavy atom. The Balaban J connectivity index is 1.96. The van der Waals surface area contributed by atoms with Gasteiger partial charge in [0.25, 0.3) is 0 Å². The van der Waals surface area contributed by atoms with Crippen LogP contribution in [0.3, 0.4) is 0 Å². The maximum absolute atomic E-state index is 4.37. The summed E-state index contributed by atoms with van der Waals surface area (Å²) >= 11 is 0. The minimum atomic E-state index is 0.410. The summed E-state index contributed by atoms with van der Waals surface area (Å²) < 4.78 is 0. The molecular weight excluding hydrogens is 248 g/mol. The second-order valence-electron chi connectivity index (χ2n) is 5.18. The van der Waals surface area contributed by atoms with Crippen molar-refractivity contribution in [3.05, 3.63) is 54.7 Å². The molecule has 0 saturated carbocycles. The summed E-state index contributed by atoms with van der Waals surface area (Å²) in [5.74, 6) is 0. The lowest BCUT2D eigenvalue weighted by atomic mass is 10.1. The van der Waals surface area contributed by atoms with Gasteiger partial charge in [0, 0.05) is 29.5 Å². The van der Waals surface area contributed by atoms with Gasteiger partial charge in [-0.15, -0.1) is 0 Å². The van der Waals surface area contributed by atoms with E-state index in [2.05, 4.69) is 58.0 Å². The van der Waals surface area contributed by atoms with Gasteiger partial charge in [0.05, 0.1) is 24.1 Å². The number of pyridine rings is 1. The lowest BCUT2D eigenvalue weighted by molar-refractivity contribution is 0.676. The van der Waals surface area contributed by atoms with E-state index < -0.39 is 0 Å². The minimum absolute atomic E-state index is 0.410. The highest BCUT2D eigenvalue weighted by atomic mass is 15.2. The number of fused-ring (bicyclic) bond motifs is 1. The summed E-state index contributed by atoms with van der Waals surface area (Å²) in [4.78, 5) is 14.0. The third-order valence-corrected chi connectivity index (χ3v) is 3.44. The molecule has 0 aliphatic rings. The molecule has 3 rings (SSSR count). The largest absolute Gasteiger partial charge is 0.363 e. The Bertz CT molecular complexity index is 689. The monoisotopic (exact) mass is 266 g/mol. The standard InChI is InChI=1S/C16H18N4/c1-12(2)20(10-14-9-17-11-19-14)15-5-6-16-13(8-15)4-3-7-18-16/h3-9,11-12H,10H2,1-2H3,(H,17,19). The number of nitrogens with zero attached hydrogens (tertiary/aromatic N) is 3. The zero-order chi connectivity index (χ0) is 13.9. The smallest absolute Gasteiger partial charge is 0.0922 e. The Morgan fingerprint density at radius 2 is 2.15 bits per heavy atom. The SMILES string of the molecule is CC(C)N(Cc1cnc[nH]1)c1ccc2ncccc2c1. The van der Waals surface area contributed by atoms with Gasteiger partial charge in [0.15, 0.2) is 0 Å². The van der Waals surface area contributed by atoms with Gasteiger partial charge in [-0.25, -0.2) is 4.98 Å². The second kappa shape index (κ2) is 5.33. The molecule has 0 saturated heterocycles. The van der Waals surface area contributed by atoms with Crippen molar-refractivity contribution in [1.82, 2.24) is 15.0 Å². The summed E-state index contributed by atoms with van der Waals surface area (Å²) in [6, 6.07) is 10.9. The van der Waals surface area contributed by atoms with Crippen molar-refractivity contribution in [2.24, 2.45) is 0 Å². The minimum Gasteiger partial charge on any atom is -0.363 e. The molecule has 0 fully saturated rings. The lowest BCUT2D eigenvalue weighted by Gasteiger charge is -2.28. The number of rotatable bonds is 4. The molecule has 0 radical (unpaired) electrons. The van der Waals surface area contributed by atoms with E-state index in [0.717, 1.165) is 17.8 Å². The average molecular weight is 266 g/mol. The van der Waals surface area contributed by atoms with Gasteiger partial charge in [-0.3, -0.25) is 4.98 Å². The molecule has 4 nitrogen and oxygen atoms in total. The van der Waals surface area contributed by atoms with Gasteiger partial charge in [-0.05, 0) is 38.1 Å². The highest BCUT2D eigenvalue weighted by molar-refractivity contribution is 5.82. The fourth-order valence-electron chi connectivity index (χ4n) is 2.37. The molecule has 0 unspecified atom stereocenters. The Labute approximate surface area is 118 Å². The van der Waals surface area contributed by atoms with Crippen LogP contribution in [0.25, 0.3) is 10.9 Å². The molecule has 3 aromatic rings. The third-order valence-electron chi connectivity index (χ3n) is 3.44. The van der Waals surface area contributed by atoms with Crippen LogP contribution < -0.4 is 4.90 Å². The van der Waals surface area contributed by atoms with Crippen LogP contribution in [-0.4, -0.2) is 21.0 Å². The summed E-state index contributed by atoms with van der Waals surface area (Å²) in [6.45, 7) is 5.22. The van der Waals surface area contributed by atoms with E-state index in [1.165, 1.54) is 11.1 Å². The first-order valence-electron chi connectivity index (χ1n) is 6.83. The van der Waals surface area contributed by atoms with E-state index in [-0.39, 0.29) is 0 Å². The van der Waals surface area contributed by atoms with Crippen LogP contribution in [0.5, 0.6) is 0 Å². The van der Waals surface area contributed by atoms with Crippen molar-refractivity contribution in [2.45, 2.75) is 26.4 Å². The van der Waals surface area contributed by atoms with Crippen LogP contribution in [0.15, 0.2) is 49.1 Å². The molecule has 0 aliphatic carbocycles. The maximum Gasteiger partial charge on any atom is 0.0922 e. The van der Waals surface area contributed by atoms with Gasteiger partial charge >= 0.3 is 0 Å². The quantitative estimate of drug-likeness (QED) is 0.787. The van der Waals surface area contributed by atoms with Gasteiger partial charge in [0.1, 0.15) is 0 Å². The average Bonchev–Trinajstić information content (AvgIpc) is 2.97. The summed E-state index contributed by atoms with van der Waals surface area (Å²) in [7, 11) is 0. The van der Waals surface area contributed by atoms with Crippen molar-refractivity contribution in [1.29, 1.82) is 0 Å². The van der Waals surface area contributed by atoms with E-state index in [9.17, 15) is 0 Å². The molecule has 0 amide bonds. The summed E-state index contributed by atoms with van der Waals surface area (Å²) in [6.07, 6.45) is 5.42. The van der Waals surface area contributed by atoms with Crippen LogP contribution in [0.4, 0.5) is 5.69 Å². The molecule has 0 bridgehead atoms. The van der Waals surface area contributed by atoms with E-state index in [4.69, 9.17) is 0 Å². The van der Waals surface area contributed by atoms with Crippen molar-refractivity contribution < 1.29 is 0 Å². The van der Waals surface area contributed by atoms with Gasteiger partial charge < -0.3 is 9.88 Å². The Kier molecular flexibility index (Phi) is 3.37. The highest BCUT2D eigenvalue weighted by Crippen LogP contribution is 2.23. The van der Waals surface area contributed by atoms with E-state index in [0.29, 0.717) is 6.04 Å². The highest BCUT2D eigenvalue weighted by Gasteiger charge is 2.12. The topological polar surface area (TPSA) is 44.8 Å². The fraction of sp³-hybridized carbons (Fsp3) is 0.250. The molecule has 4 heteroatoms. The lowest BCUT2D eigenvalue weighted by Crippen LogP contribution is -2.30. The molecule has 102 valence electrons. The normalized spacial score (nSPS) is 11.2. The zero-order valence-electron chi connectivity index (χ0n) is 11.7. The predicted octanol–water partition coefficient (Wildman–Crippen LogP) is 3.37. The number of nitrogens with one attached hydrogen (secondary N) is 1. The first kappa shape index (κ1) is 12.7. The van der Waals surface area contributed by atoms with Gasteiger partial charge in [-0.1, -0.05) is 6.07 Å². The number of hydrogen-bond donors (Lipinski definition) is 1.